The van der Waals surface area contributed by atoms with Gasteiger partial charge in [0.05, 0.1) is 5.54 Å². The van der Waals surface area contributed by atoms with Gasteiger partial charge in [-0.25, -0.2) is 0 Å². The van der Waals surface area contributed by atoms with Crippen molar-refractivity contribution in [1.29, 1.82) is 0 Å². The quantitative estimate of drug-likeness (QED) is 0.325. The first-order chi connectivity index (χ1) is 7.39. The molecule has 0 saturated heterocycles. The highest BCUT2D eigenvalue weighted by Crippen LogP contribution is 2.52. The minimum Gasteiger partial charge on any atom is -0.504 e. The zero-order valence-corrected chi connectivity index (χ0v) is 8.86. The predicted octanol–water partition coefficient (Wildman–Crippen LogP) is 1.07. The fraction of sp³-hybridized carbons (Fsp3) is 0.364. The first-order valence-electron chi connectivity index (χ1n) is 4.85. The number of hydrogen-bond donors (Lipinski definition) is 4. The zero-order valence-electron chi connectivity index (χ0n) is 8.86. The number of aliphatic imine (C=N–C) groups is 1. The standard InChI is InChI=1S/C11H13NO4/c1-11(12-2)3-5-6(4-11)8(14)10(16)9(15)7(5)13/h13-16H,2-4H2,1H3. The average Bonchev–Trinajstić information content (AvgIpc) is 2.63. The Morgan fingerprint density at radius 3 is 1.62 bits per heavy atom. The molecule has 0 atom stereocenters. The Morgan fingerprint density at radius 1 is 0.938 bits per heavy atom. The fourth-order valence-electron chi connectivity index (χ4n) is 2.11. The number of fused-ring (bicyclic) bond motifs is 1. The van der Waals surface area contributed by atoms with Crippen LogP contribution in [0.3, 0.4) is 0 Å². The first-order valence-corrected chi connectivity index (χ1v) is 4.85. The van der Waals surface area contributed by atoms with Gasteiger partial charge in [0.15, 0.2) is 11.5 Å². The van der Waals surface area contributed by atoms with Gasteiger partial charge in [0.25, 0.3) is 0 Å². The van der Waals surface area contributed by atoms with Crippen molar-refractivity contribution in [3.05, 3.63) is 11.1 Å². The summed E-state index contributed by atoms with van der Waals surface area (Å²) in [5, 5.41) is 38.1. The largest absolute Gasteiger partial charge is 0.504 e. The van der Waals surface area contributed by atoms with Crippen LogP contribution in [0.4, 0.5) is 0 Å². The maximum absolute atomic E-state index is 9.67. The Morgan fingerprint density at radius 2 is 1.31 bits per heavy atom. The van der Waals surface area contributed by atoms with Crippen molar-refractivity contribution in [2.75, 3.05) is 0 Å². The second-order valence-electron chi connectivity index (χ2n) is 4.36. The predicted molar refractivity (Wildman–Crippen MR) is 58.5 cm³/mol. The van der Waals surface area contributed by atoms with Gasteiger partial charge in [0.1, 0.15) is 0 Å². The maximum atomic E-state index is 9.67. The van der Waals surface area contributed by atoms with Gasteiger partial charge >= 0.3 is 0 Å². The van der Waals surface area contributed by atoms with E-state index in [2.05, 4.69) is 11.7 Å². The van der Waals surface area contributed by atoms with Crippen molar-refractivity contribution in [1.82, 2.24) is 0 Å². The van der Waals surface area contributed by atoms with E-state index in [1.165, 1.54) is 0 Å². The van der Waals surface area contributed by atoms with Crippen LogP contribution in [-0.4, -0.2) is 32.7 Å². The highest BCUT2D eigenvalue weighted by molar-refractivity contribution is 5.67. The van der Waals surface area contributed by atoms with Crippen LogP contribution in [0, 0.1) is 0 Å². The van der Waals surface area contributed by atoms with Gasteiger partial charge in [-0.3, -0.25) is 4.99 Å². The van der Waals surface area contributed by atoms with E-state index in [-0.39, 0.29) is 0 Å². The molecule has 1 aromatic carbocycles. The van der Waals surface area contributed by atoms with Crippen molar-refractivity contribution in [2.45, 2.75) is 25.3 Å². The van der Waals surface area contributed by atoms with Crippen molar-refractivity contribution in [3.63, 3.8) is 0 Å². The van der Waals surface area contributed by atoms with Gasteiger partial charge in [-0.1, -0.05) is 0 Å². The molecule has 16 heavy (non-hydrogen) atoms. The molecule has 0 fully saturated rings. The summed E-state index contributed by atoms with van der Waals surface area (Å²) in [6.07, 6.45) is 0.748. The summed E-state index contributed by atoms with van der Waals surface area (Å²) in [5.41, 5.74) is 0.322. The molecule has 0 amide bonds. The Bertz CT molecular complexity index is 445. The molecule has 5 nitrogen and oxygen atoms in total. The second-order valence-corrected chi connectivity index (χ2v) is 4.36. The lowest BCUT2D eigenvalue weighted by atomic mass is 10.00. The molecule has 2 rings (SSSR count). The van der Waals surface area contributed by atoms with E-state index in [9.17, 15) is 20.4 Å². The molecule has 1 aromatic rings. The maximum Gasteiger partial charge on any atom is 0.204 e. The van der Waals surface area contributed by atoms with Gasteiger partial charge in [0.2, 0.25) is 11.5 Å². The average molecular weight is 223 g/mol. The van der Waals surface area contributed by atoms with Gasteiger partial charge in [0, 0.05) is 24.0 Å². The van der Waals surface area contributed by atoms with Crippen LogP contribution in [0.25, 0.3) is 0 Å². The Kier molecular flexibility index (Phi) is 2.01. The smallest absolute Gasteiger partial charge is 0.204 e. The minimum absolute atomic E-state index is 0.374. The summed E-state index contributed by atoms with van der Waals surface area (Å²) in [7, 11) is 0. The van der Waals surface area contributed by atoms with Crippen LogP contribution in [0.5, 0.6) is 23.0 Å². The number of aromatic hydroxyl groups is 4. The summed E-state index contributed by atoms with van der Waals surface area (Å²) in [5.74, 6) is -2.16. The molecule has 0 heterocycles. The van der Waals surface area contributed by atoms with Gasteiger partial charge in [-0.2, -0.15) is 0 Å². The Balaban J connectivity index is 2.66. The van der Waals surface area contributed by atoms with Crippen LogP contribution >= 0.6 is 0 Å². The number of benzene rings is 1. The number of rotatable bonds is 1. The van der Waals surface area contributed by atoms with E-state index in [4.69, 9.17) is 0 Å². The van der Waals surface area contributed by atoms with Gasteiger partial charge < -0.3 is 20.4 Å². The molecule has 4 N–H and O–H groups in total. The Hall–Kier alpha value is -1.91. The van der Waals surface area contributed by atoms with Crippen molar-refractivity contribution in [2.24, 2.45) is 4.99 Å². The highest BCUT2D eigenvalue weighted by Gasteiger charge is 2.38. The number of nitrogens with zero attached hydrogens (tertiary/aromatic N) is 1. The summed E-state index contributed by atoms with van der Waals surface area (Å²) in [6.45, 7) is 5.29. The molecule has 86 valence electrons. The molecule has 0 aromatic heterocycles. The van der Waals surface area contributed by atoms with E-state index >= 15 is 0 Å². The monoisotopic (exact) mass is 223 g/mol. The van der Waals surface area contributed by atoms with Gasteiger partial charge in [-0.05, 0) is 13.6 Å². The molecule has 0 spiro atoms. The van der Waals surface area contributed by atoms with Crippen molar-refractivity contribution in [3.8, 4) is 23.0 Å². The number of phenolic OH excluding ortho intramolecular Hbond substituents is 4. The zero-order chi connectivity index (χ0) is 12.1. The third-order valence-electron chi connectivity index (χ3n) is 3.11. The molecular formula is C11H13NO4. The van der Waals surface area contributed by atoms with E-state index in [1.807, 2.05) is 6.92 Å². The normalized spacial score (nSPS) is 17.1. The second kappa shape index (κ2) is 3.04. The molecule has 0 bridgehead atoms. The number of hydrogen-bond acceptors (Lipinski definition) is 5. The third kappa shape index (κ3) is 1.21. The van der Waals surface area contributed by atoms with Crippen LogP contribution in [0.2, 0.25) is 0 Å². The lowest BCUT2D eigenvalue weighted by molar-refractivity contribution is 0.342. The van der Waals surface area contributed by atoms with Crippen LogP contribution < -0.4 is 0 Å². The summed E-state index contributed by atoms with van der Waals surface area (Å²) in [6, 6.07) is 0. The molecule has 0 aliphatic heterocycles. The van der Waals surface area contributed by atoms with Crippen molar-refractivity contribution >= 4 is 6.72 Å². The van der Waals surface area contributed by atoms with Crippen LogP contribution in [0.15, 0.2) is 4.99 Å². The summed E-state index contributed by atoms with van der Waals surface area (Å²) in [4.78, 5) is 3.94. The topological polar surface area (TPSA) is 93.3 Å². The molecule has 1 aliphatic carbocycles. The SMILES string of the molecule is C=NC1(C)Cc2c(O)c(O)c(O)c(O)c2C1. The lowest BCUT2D eigenvalue weighted by Crippen LogP contribution is -2.21. The van der Waals surface area contributed by atoms with E-state index in [1.54, 1.807) is 0 Å². The molecular weight excluding hydrogens is 210 g/mol. The molecule has 0 radical (unpaired) electrons. The Labute approximate surface area is 92.3 Å². The van der Waals surface area contributed by atoms with Crippen LogP contribution in [-0.2, 0) is 12.8 Å². The van der Waals surface area contributed by atoms with E-state index < -0.39 is 28.5 Å². The van der Waals surface area contributed by atoms with E-state index in [0.717, 1.165) is 0 Å². The molecule has 0 unspecified atom stereocenters. The molecule has 5 heteroatoms. The molecule has 1 aliphatic rings. The van der Waals surface area contributed by atoms with E-state index in [0.29, 0.717) is 24.0 Å². The molecule has 0 saturated carbocycles. The fourth-order valence-corrected chi connectivity index (χ4v) is 2.11. The third-order valence-corrected chi connectivity index (χ3v) is 3.11. The lowest BCUT2D eigenvalue weighted by Gasteiger charge is -2.15. The minimum atomic E-state index is -0.690. The van der Waals surface area contributed by atoms with Crippen LogP contribution in [0.1, 0.15) is 18.1 Å². The summed E-state index contributed by atoms with van der Waals surface area (Å²) < 4.78 is 0. The highest BCUT2D eigenvalue weighted by atomic mass is 16.3. The first kappa shape index (κ1) is 10.6. The van der Waals surface area contributed by atoms with Crippen molar-refractivity contribution < 1.29 is 20.4 Å². The van der Waals surface area contributed by atoms with Gasteiger partial charge in [-0.15, -0.1) is 0 Å². The number of phenols is 4. The summed E-state index contributed by atoms with van der Waals surface area (Å²) >= 11 is 0.